The molecule has 0 aliphatic carbocycles. The van der Waals surface area contributed by atoms with Crippen molar-refractivity contribution < 1.29 is 9.53 Å². The van der Waals surface area contributed by atoms with Gasteiger partial charge in [0.1, 0.15) is 0 Å². The molecule has 0 aliphatic heterocycles. The fraction of sp³-hybridized carbons (Fsp3) is 0.312. The molecule has 5 heteroatoms. The number of carbonyl (C=O) groups is 1. The van der Waals surface area contributed by atoms with Crippen LogP contribution in [0.3, 0.4) is 0 Å². The van der Waals surface area contributed by atoms with Gasteiger partial charge in [0, 0.05) is 15.0 Å². The number of hydrogen-bond acceptors (Lipinski definition) is 4. The van der Waals surface area contributed by atoms with E-state index in [1.54, 1.807) is 23.5 Å². The summed E-state index contributed by atoms with van der Waals surface area (Å²) in [4.78, 5) is 13.0. The maximum atomic E-state index is 11.7. The van der Waals surface area contributed by atoms with Crippen LogP contribution in [0.25, 0.3) is 0 Å². The lowest BCUT2D eigenvalue weighted by molar-refractivity contribution is 0.0505. The van der Waals surface area contributed by atoms with Gasteiger partial charge in [0.25, 0.3) is 0 Å². The highest BCUT2D eigenvalue weighted by Crippen LogP contribution is 2.31. The molecule has 1 atom stereocenters. The Hall–Kier alpha value is -1.33. The second-order valence-electron chi connectivity index (χ2n) is 4.71. The largest absolute Gasteiger partial charge is 0.462 e. The Morgan fingerprint density at radius 2 is 2.05 bits per heavy atom. The van der Waals surface area contributed by atoms with E-state index in [4.69, 9.17) is 4.74 Å². The van der Waals surface area contributed by atoms with Gasteiger partial charge in [-0.2, -0.15) is 0 Å². The SMILES string of the molecule is CCCOC(=O)c1ccc(NC(C)c2sccc2Br)cc1. The number of esters is 1. The summed E-state index contributed by atoms with van der Waals surface area (Å²) >= 11 is 5.25. The summed E-state index contributed by atoms with van der Waals surface area (Å²) < 4.78 is 6.23. The van der Waals surface area contributed by atoms with Gasteiger partial charge in [-0.15, -0.1) is 11.3 Å². The Kier molecular flexibility index (Phi) is 5.82. The van der Waals surface area contributed by atoms with Crippen molar-refractivity contribution in [2.45, 2.75) is 26.3 Å². The van der Waals surface area contributed by atoms with Crippen molar-refractivity contribution in [2.75, 3.05) is 11.9 Å². The Morgan fingerprint density at radius 1 is 1.33 bits per heavy atom. The zero-order valence-electron chi connectivity index (χ0n) is 12.1. The molecule has 1 aromatic carbocycles. The summed E-state index contributed by atoms with van der Waals surface area (Å²) in [6.45, 7) is 4.55. The smallest absolute Gasteiger partial charge is 0.338 e. The number of ether oxygens (including phenoxy) is 1. The summed E-state index contributed by atoms with van der Waals surface area (Å²) in [6, 6.07) is 9.64. The highest BCUT2D eigenvalue weighted by molar-refractivity contribution is 9.10. The van der Waals surface area contributed by atoms with E-state index in [-0.39, 0.29) is 12.0 Å². The Labute approximate surface area is 137 Å². The lowest BCUT2D eigenvalue weighted by Gasteiger charge is -2.14. The predicted octanol–water partition coefficient (Wildman–Crippen LogP) is 5.25. The van der Waals surface area contributed by atoms with Gasteiger partial charge in [0.05, 0.1) is 18.2 Å². The van der Waals surface area contributed by atoms with Crippen LogP contribution in [-0.4, -0.2) is 12.6 Å². The molecule has 0 fully saturated rings. The van der Waals surface area contributed by atoms with Gasteiger partial charge < -0.3 is 10.1 Å². The molecule has 0 radical (unpaired) electrons. The van der Waals surface area contributed by atoms with E-state index in [0.29, 0.717) is 12.2 Å². The number of halogens is 1. The second-order valence-corrected chi connectivity index (χ2v) is 6.51. The van der Waals surface area contributed by atoms with Gasteiger partial charge in [0.15, 0.2) is 0 Å². The monoisotopic (exact) mass is 367 g/mol. The molecule has 1 unspecified atom stereocenters. The van der Waals surface area contributed by atoms with Crippen molar-refractivity contribution >= 4 is 38.9 Å². The van der Waals surface area contributed by atoms with Crippen LogP contribution in [0.2, 0.25) is 0 Å². The molecule has 0 saturated carbocycles. The Bertz CT molecular complexity index is 595. The van der Waals surface area contributed by atoms with Crippen molar-refractivity contribution in [3.8, 4) is 0 Å². The average Bonchev–Trinajstić information content (AvgIpc) is 2.91. The van der Waals surface area contributed by atoms with Crippen LogP contribution >= 0.6 is 27.3 Å². The van der Waals surface area contributed by atoms with Crippen molar-refractivity contribution in [1.29, 1.82) is 0 Å². The fourth-order valence-electron chi connectivity index (χ4n) is 1.91. The average molecular weight is 368 g/mol. The molecule has 0 aliphatic rings. The van der Waals surface area contributed by atoms with Gasteiger partial charge in [-0.25, -0.2) is 4.79 Å². The summed E-state index contributed by atoms with van der Waals surface area (Å²) in [6.07, 6.45) is 0.832. The molecule has 2 rings (SSSR count). The zero-order chi connectivity index (χ0) is 15.2. The van der Waals surface area contributed by atoms with Gasteiger partial charge >= 0.3 is 5.97 Å². The van der Waals surface area contributed by atoms with Crippen LogP contribution in [0.4, 0.5) is 5.69 Å². The number of benzene rings is 1. The molecular weight excluding hydrogens is 350 g/mol. The van der Waals surface area contributed by atoms with Gasteiger partial charge in [0.2, 0.25) is 0 Å². The van der Waals surface area contributed by atoms with Gasteiger partial charge in [-0.05, 0) is 65.0 Å². The molecule has 112 valence electrons. The summed E-state index contributed by atoms with van der Waals surface area (Å²) in [7, 11) is 0. The van der Waals surface area contributed by atoms with Crippen molar-refractivity contribution in [1.82, 2.24) is 0 Å². The van der Waals surface area contributed by atoms with E-state index in [0.717, 1.165) is 16.6 Å². The van der Waals surface area contributed by atoms with Crippen LogP contribution in [0.15, 0.2) is 40.2 Å². The number of hydrogen-bond donors (Lipinski definition) is 1. The molecule has 0 amide bonds. The van der Waals surface area contributed by atoms with E-state index in [1.807, 2.05) is 25.1 Å². The minimum atomic E-state index is -0.266. The van der Waals surface area contributed by atoms with E-state index in [1.165, 1.54) is 4.88 Å². The van der Waals surface area contributed by atoms with Crippen LogP contribution < -0.4 is 5.32 Å². The topological polar surface area (TPSA) is 38.3 Å². The van der Waals surface area contributed by atoms with Crippen LogP contribution in [0.1, 0.15) is 41.5 Å². The molecule has 1 aromatic heterocycles. The Balaban J connectivity index is 1.99. The molecule has 1 N–H and O–H groups in total. The molecular formula is C16H18BrNO2S. The van der Waals surface area contributed by atoms with Gasteiger partial charge in [-0.3, -0.25) is 0 Å². The Morgan fingerprint density at radius 3 is 2.62 bits per heavy atom. The van der Waals surface area contributed by atoms with E-state index in [2.05, 4.69) is 33.6 Å². The summed E-state index contributed by atoms with van der Waals surface area (Å²) in [5.41, 5.74) is 1.56. The fourth-order valence-corrected chi connectivity index (χ4v) is 3.64. The third-order valence-electron chi connectivity index (χ3n) is 2.98. The van der Waals surface area contributed by atoms with E-state index in [9.17, 15) is 4.79 Å². The predicted molar refractivity (Wildman–Crippen MR) is 91.1 cm³/mol. The van der Waals surface area contributed by atoms with Crippen molar-refractivity contribution in [3.63, 3.8) is 0 Å². The van der Waals surface area contributed by atoms with Crippen molar-refractivity contribution in [2.24, 2.45) is 0 Å². The first-order valence-corrected chi connectivity index (χ1v) is 8.55. The number of carbonyl (C=O) groups excluding carboxylic acids is 1. The second kappa shape index (κ2) is 7.61. The minimum Gasteiger partial charge on any atom is -0.462 e. The van der Waals surface area contributed by atoms with Gasteiger partial charge in [-0.1, -0.05) is 6.92 Å². The molecule has 0 spiro atoms. The normalized spacial score (nSPS) is 12.0. The summed E-state index contributed by atoms with van der Waals surface area (Å²) in [5, 5.41) is 5.48. The van der Waals surface area contributed by atoms with E-state index < -0.39 is 0 Å². The quantitative estimate of drug-likeness (QED) is 0.708. The first kappa shape index (κ1) is 16.0. The molecule has 3 nitrogen and oxygen atoms in total. The maximum Gasteiger partial charge on any atom is 0.338 e. The van der Waals surface area contributed by atoms with Crippen LogP contribution in [0.5, 0.6) is 0 Å². The highest BCUT2D eigenvalue weighted by atomic mass is 79.9. The molecule has 21 heavy (non-hydrogen) atoms. The summed E-state index contributed by atoms with van der Waals surface area (Å²) in [5.74, 6) is -0.266. The number of anilines is 1. The van der Waals surface area contributed by atoms with Crippen molar-refractivity contribution in [3.05, 3.63) is 50.6 Å². The minimum absolute atomic E-state index is 0.206. The zero-order valence-corrected chi connectivity index (χ0v) is 14.5. The third kappa shape index (κ3) is 4.32. The third-order valence-corrected chi connectivity index (χ3v) is 5.03. The van der Waals surface area contributed by atoms with E-state index >= 15 is 0 Å². The standard InChI is InChI=1S/C16H18BrNO2S/c1-3-9-20-16(19)12-4-6-13(7-5-12)18-11(2)15-14(17)8-10-21-15/h4-8,10-11,18H,3,9H2,1-2H3. The number of nitrogens with one attached hydrogen (secondary N) is 1. The lowest BCUT2D eigenvalue weighted by atomic mass is 10.2. The first-order chi connectivity index (χ1) is 10.1. The maximum absolute atomic E-state index is 11.7. The molecule has 1 heterocycles. The molecule has 0 saturated heterocycles. The molecule has 0 bridgehead atoms. The molecule has 2 aromatic rings. The number of rotatable bonds is 6. The number of thiophene rings is 1. The highest BCUT2D eigenvalue weighted by Gasteiger charge is 2.11. The van der Waals surface area contributed by atoms with Crippen LogP contribution in [-0.2, 0) is 4.74 Å². The van der Waals surface area contributed by atoms with Crippen LogP contribution in [0, 0.1) is 0 Å². The lowest BCUT2D eigenvalue weighted by Crippen LogP contribution is -2.07. The first-order valence-electron chi connectivity index (χ1n) is 6.88.